The van der Waals surface area contributed by atoms with Crippen molar-refractivity contribution in [2.75, 3.05) is 12.0 Å². The molecule has 1 fully saturated rings. The zero-order valence-electron chi connectivity index (χ0n) is 18.5. The molecule has 7 nitrogen and oxygen atoms in total. The number of barbiturate groups is 1. The van der Waals surface area contributed by atoms with Gasteiger partial charge in [0.2, 0.25) is 0 Å². The minimum absolute atomic E-state index is 0.141. The summed E-state index contributed by atoms with van der Waals surface area (Å²) in [6.45, 7) is 0.150. The van der Waals surface area contributed by atoms with Gasteiger partial charge in [-0.3, -0.25) is 14.9 Å². The minimum atomic E-state index is -0.913. The Bertz CT molecular complexity index is 1410. The Labute approximate surface area is 223 Å². The third-order valence-electron chi connectivity index (χ3n) is 5.12. The first-order valence-corrected chi connectivity index (χ1v) is 11.8. The summed E-state index contributed by atoms with van der Waals surface area (Å²) in [5.74, 6) is -1.35. The van der Waals surface area contributed by atoms with Crippen LogP contribution in [0.1, 0.15) is 11.1 Å². The minimum Gasteiger partial charge on any atom is -0.493 e. The normalized spacial score (nSPS) is 14.8. The van der Waals surface area contributed by atoms with E-state index in [-0.39, 0.29) is 33.7 Å². The number of ether oxygens (including phenoxy) is 2. The number of benzene rings is 3. The van der Waals surface area contributed by atoms with Crippen molar-refractivity contribution in [3.05, 3.63) is 91.6 Å². The van der Waals surface area contributed by atoms with E-state index >= 15 is 0 Å². The maximum absolute atomic E-state index is 13.1. The highest BCUT2D eigenvalue weighted by Crippen LogP contribution is 2.38. The molecule has 0 atom stereocenters. The molecule has 36 heavy (non-hydrogen) atoms. The van der Waals surface area contributed by atoms with E-state index in [0.717, 1.165) is 10.5 Å². The second kappa shape index (κ2) is 10.7. The number of amides is 4. The number of imide groups is 2. The number of halogens is 4. The number of hydrogen-bond donors (Lipinski definition) is 1. The van der Waals surface area contributed by atoms with Gasteiger partial charge in [0.1, 0.15) is 18.0 Å². The van der Waals surface area contributed by atoms with Crippen LogP contribution in [-0.4, -0.2) is 25.0 Å². The van der Waals surface area contributed by atoms with Crippen molar-refractivity contribution < 1.29 is 28.2 Å². The van der Waals surface area contributed by atoms with Crippen LogP contribution in [0.5, 0.6) is 11.5 Å². The Morgan fingerprint density at radius 3 is 2.42 bits per heavy atom. The summed E-state index contributed by atoms with van der Waals surface area (Å²) < 4.78 is 24.9. The van der Waals surface area contributed by atoms with Gasteiger partial charge in [-0.2, -0.15) is 0 Å². The van der Waals surface area contributed by atoms with Crippen LogP contribution in [0.2, 0.25) is 10.0 Å². The zero-order valence-corrected chi connectivity index (χ0v) is 21.6. The summed E-state index contributed by atoms with van der Waals surface area (Å²) in [7, 11) is 1.44. The van der Waals surface area contributed by atoms with Crippen LogP contribution >= 0.6 is 39.1 Å². The first kappa shape index (κ1) is 25.7. The highest BCUT2D eigenvalue weighted by molar-refractivity contribution is 9.10. The Kier molecular flexibility index (Phi) is 7.63. The van der Waals surface area contributed by atoms with Gasteiger partial charge in [0.25, 0.3) is 11.8 Å². The quantitative estimate of drug-likeness (QED) is 0.274. The number of nitrogens with zero attached hydrogens (tertiary/aromatic N) is 1. The summed E-state index contributed by atoms with van der Waals surface area (Å²) in [4.78, 5) is 38.9. The first-order chi connectivity index (χ1) is 17.2. The van der Waals surface area contributed by atoms with Crippen LogP contribution < -0.4 is 19.7 Å². The van der Waals surface area contributed by atoms with Gasteiger partial charge in [-0.25, -0.2) is 14.1 Å². The van der Waals surface area contributed by atoms with Crippen molar-refractivity contribution in [2.24, 2.45) is 0 Å². The first-order valence-electron chi connectivity index (χ1n) is 10.3. The standard InChI is InChI=1S/C25H16BrCl2FN2O5/c1-35-21-10-14(9-18(26)22(21)36-12-13-2-4-15(29)5-3-13)8-17-23(32)30-25(34)31(24(17)33)16-6-7-19(27)20(28)11-16/h2-11H,12H2,1H3,(H,30,32,34)/b17-8+. The molecule has 4 amide bonds. The lowest BCUT2D eigenvalue weighted by Crippen LogP contribution is -2.54. The molecule has 1 heterocycles. The monoisotopic (exact) mass is 592 g/mol. The fraction of sp³-hybridized carbons (Fsp3) is 0.0800. The van der Waals surface area contributed by atoms with Gasteiger partial charge in [0.05, 0.1) is 27.3 Å². The van der Waals surface area contributed by atoms with E-state index in [1.54, 1.807) is 24.3 Å². The van der Waals surface area contributed by atoms with Gasteiger partial charge in [-0.1, -0.05) is 35.3 Å². The van der Waals surface area contributed by atoms with E-state index < -0.39 is 17.8 Å². The number of anilines is 1. The van der Waals surface area contributed by atoms with Crippen molar-refractivity contribution >= 4 is 68.7 Å². The Morgan fingerprint density at radius 1 is 1.03 bits per heavy atom. The third-order valence-corrected chi connectivity index (χ3v) is 6.45. The number of carbonyl (C=O) groups is 3. The molecule has 1 N–H and O–H groups in total. The molecule has 0 aromatic heterocycles. The van der Waals surface area contributed by atoms with E-state index in [2.05, 4.69) is 21.2 Å². The van der Waals surface area contributed by atoms with Crippen LogP contribution in [0.15, 0.2) is 64.6 Å². The van der Waals surface area contributed by atoms with Crippen LogP contribution in [0.4, 0.5) is 14.9 Å². The van der Waals surface area contributed by atoms with E-state index in [9.17, 15) is 18.8 Å². The second-order valence-electron chi connectivity index (χ2n) is 7.51. The van der Waals surface area contributed by atoms with Crippen molar-refractivity contribution in [1.82, 2.24) is 5.32 Å². The van der Waals surface area contributed by atoms with E-state index in [4.69, 9.17) is 32.7 Å². The summed E-state index contributed by atoms with van der Waals surface area (Å²) in [6, 6.07) is 12.4. The van der Waals surface area contributed by atoms with Crippen LogP contribution in [0.3, 0.4) is 0 Å². The Morgan fingerprint density at radius 2 is 1.75 bits per heavy atom. The number of carbonyl (C=O) groups excluding carboxylic acids is 3. The van der Waals surface area contributed by atoms with Crippen molar-refractivity contribution in [2.45, 2.75) is 6.61 Å². The van der Waals surface area contributed by atoms with Gasteiger partial charge in [-0.05, 0) is 75.6 Å². The molecular formula is C25H16BrCl2FN2O5. The molecule has 11 heteroatoms. The third kappa shape index (κ3) is 5.38. The summed E-state index contributed by atoms with van der Waals surface area (Å²) in [6.07, 6.45) is 1.33. The lowest BCUT2D eigenvalue weighted by Gasteiger charge is -2.26. The Balaban J connectivity index is 1.64. The fourth-order valence-corrected chi connectivity index (χ4v) is 4.25. The van der Waals surface area contributed by atoms with Gasteiger partial charge >= 0.3 is 6.03 Å². The second-order valence-corrected chi connectivity index (χ2v) is 9.17. The SMILES string of the molecule is COc1cc(/C=C2\C(=O)NC(=O)N(c3ccc(Cl)c(Cl)c3)C2=O)cc(Br)c1OCc1ccc(F)cc1. The highest BCUT2D eigenvalue weighted by Gasteiger charge is 2.37. The maximum Gasteiger partial charge on any atom is 0.335 e. The molecule has 0 aliphatic carbocycles. The smallest absolute Gasteiger partial charge is 0.335 e. The predicted octanol–water partition coefficient (Wildman–Crippen LogP) is 6.15. The molecule has 0 spiro atoms. The zero-order chi connectivity index (χ0) is 26.0. The molecule has 1 saturated heterocycles. The van der Waals surface area contributed by atoms with Crippen LogP contribution in [-0.2, 0) is 16.2 Å². The Hall–Kier alpha value is -3.40. The molecule has 4 rings (SSSR count). The number of urea groups is 1. The topological polar surface area (TPSA) is 84.9 Å². The average molecular weight is 594 g/mol. The molecule has 0 bridgehead atoms. The molecular weight excluding hydrogens is 578 g/mol. The number of rotatable bonds is 6. The molecule has 3 aromatic carbocycles. The average Bonchev–Trinajstić information content (AvgIpc) is 2.84. The summed E-state index contributed by atoms with van der Waals surface area (Å²) >= 11 is 15.4. The molecule has 0 saturated carbocycles. The lowest BCUT2D eigenvalue weighted by molar-refractivity contribution is -0.122. The van der Waals surface area contributed by atoms with Gasteiger partial charge < -0.3 is 9.47 Å². The van der Waals surface area contributed by atoms with Gasteiger partial charge in [0, 0.05) is 0 Å². The maximum atomic E-state index is 13.1. The highest BCUT2D eigenvalue weighted by atomic mass is 79.9. The number of hydrogen-bond acceptors (Lipinski definition) is 5. The van der Waals surface area contributed by atoms with Crippen molar-refractivity contribution in [3.8, 4) is 11.5 Å². The van der Waals surface area contributed by atoms with Crippen molar-refractivity contribution in [3.63, 3.8) is 0 Å². The molecule has 184 valence electrons. The molecule has 0 radical (unpaired) electrons. The van der Waals surface area contributed by atoms with E-state index in [1.807, 2.05) is 0 Å². The fourth-order valence-electron chi connectivity index (χ4n) is 3.38. The summed E-state index contributed by atoms with van der Waals surface area (Å²) in [5.41, 5.74) is 1.03. The van der Waals surface area contributed by atoms with Crippen LogP contribution in [0.25, 0.3) is 6.08 Å². The number of methoxy groups -OCH3 is 1. The molecule has 1 aliphatic rings. The van der Waals surface area contributed by atoms with E-state index in [1.165, 1.54) is 43.5 Å². The number of nitrogens with one attached hydrogen (secondary N) is 1. The summed E-state index contributed by atoms with van der Waals surface area (Å²) in [5, 5.41) is 2.54. The van der Waals surface area contributed by atoms with Gasteiger partial charge in [0.15, 0.2) is 11.5 Å². The lowest BCUT2D eigenvalue weighted by atomic mass is 10.1. The predicted molar refractivity (Wildman–Crippen MR) is 137 cm³/mol. The molecule has 0 unspecified atom stereocenters. The molecule has 1 aliphatic heterocycles. The van der Waals surface area contributed by atoms with E-state index in [0.29, 0.717) is 21.5 Å². The van der Waals surface area contributed by atoms with Crippen LogP contribution in [0, 0.1) is 5.82 Å². The molecule has 3 aromatic rings. The largest absolute Gasteiger partial charge is 0.493 e. The van der Waals surface area contributed by atoms with Gasteiger partial charge in [-0.15, -0.1) is 0 Å². The van der Waals surface area contributed by atoms with Crippen molar-refractivity contribution in [1.29, 1.82) is 0 Å².